The molecule has 0 aliphatic carbocycles. The predicted molar refractivity (Wildman–Crippen MR) is 135 cm³/mol. The molecular formula is C23H31FN8S. The van der Waals surface area contributed by atoms with Gasteiger partial charge in [0, 0.05) is 42.8 Å². The van der Waals surface area contributed by atoms with Gasteiger partial charge in [-0.3, -0.25) is 0 Å². The van der Waals surface area contributed by atoms with Crippen LogP contribution in [-0.4, -0.2) is 54.1 Å². The lowest BCUT2D eigenvalue weighted by molar-refractivity contribution is 0.425. The Balaban J connectivity index is 1.85. The van der Waals surface area contributed by atoms with E-state index in [4.69, 9.17) is 5.73 Å². The molecule has 3 rings (SSSR count). The molecule has 0 aliphatic rings. The van der Waals surface area contributed by atoms with Gasteiger partial charge in [0.1, 0.15) is 22.5 Å². The molecule has 10 heteroatoms. The minimum atomic E-state index is -0.412. The first-order chi connectivity index (χ1) is 15.8. The molecule has 1 atom stereocenters. The van der Waals surface area contributed by atoms with E-state index in [2.05, 4.69) is 35.2 Å². The first-order valence-electron chi connectivity index (χ1n) is 10.7. The van der Waals surface area contributed by atoms with Crippen molar-refractivity contribution in [1.29, 1.82) is 0 Å². The summed E-state index contributed by atoms with van der Waals surface area (Å²) >= 11 is 1.25. The van der Waals surface area contributed by atoms with Crippen molar-refractivity contribution in [2.75, 3.05) is 50.0 Å². The number of likely N-dealkylation sites (N-methyl/N-ethyl adjacent to an activating group) is 1. The minimum absolute atomic E-state index is 0.0449. The third kappa shape index (κ3) is 6.53. The van der Waals surface area contributed by atoms with Crippen molar-refractivity contribution < 1.29 is 4.39 Å². The molecule has 0 fully saturated rings. The van der Waals surface area contributed by atoms with Gasteiger partial charge >= 0.3 is 0 Å². The van der Waals surface area contributed by atoms with Gasteiger partial charge in [0.05, 0.1) is 11.3 Å². The van der Waals surface area contributed by atoms with Crippen molar-refractivity contribution in [3.8, 4) is 11.4 Å². The third-order valence-electron chi connectivity index (χ3n) is 5.08. The number of nitrogens with zero attached hydrogens (tertiary/aromatic N) is 4. The fourth-order valence-electron chi connectivity index (χ4n) is 3.13. The largest absolute Gasteiger partial charge is 0.383 e. The lowest BCUT2D eigenvalue weighted by atomic mass is 10.1. The van der Waals surface area contributed by atoms with Gasteiger partial charge in [0.2, 0.25) is 0 Å². The number of rotatable bonds is 10. The number of hydrogen-bond donors (Lipinski definition) is 4. The van der Waals surface area contributed by atoms with Gasteiger partial charge < -0.3 is 26.0 Å². The highest BCUT2D eigenvalue weighted by Crippen LogP contribution is 2.31. The zero-order valence-corrected chi connectivity index (χ0v) is 20.4. The Morgan fingerprint density at radius 1 is 1.18 bits per heavy atom. The minimum Gasteiger partial charge on any atom is -0.383 e. The van der Waals surface area contributed by atoms with Gasteiger partial charge in [-0.05, 0) is 70.9 Å². The molecule has 33 heavy (non-hydrogen) atoms. The summed E-state index contributed by atoms with van der Waals surface area (Å²) in [6, 6.07) is 8.64. The molecule has 0 saturated carbocycles. The van der Waals surface area contributed by atoms with Crippen LogP contribution in [0.5, 0.6) is 0 Å². The molecule has 2 aromatic heterocycles. The highest BCUT2D eigenvalue weighted by atomic mass is 32.2. The van der Waals surface area contributed by atoms with Crippen molar-refractivity contribution in [3.63, 3.8) is 0 Å². The Bertz CT molecular complexity index is 1090. The molecular weight excluding hydrogens is 439 g/mol. The van der Waals surface area contributed by atoms with Gasteiger partial charge in [-0.25, -0.2) is 19.3 Å². The zero-order chi connectivity index (χ0) is 24.0. The molecule has 176 valence electrons. The molecule has 1 unspecified atom stereocenters. The second-order valence-electron chi connectivity index (χ2n) is 8.01. The first-order valence-corrected chi connectivity index (χ1v) is 11.5. The van der Waals surface area contributed by atoms with Crippen LogP contribution in [0.25, 0.3) is 11.4 Å². The molecule has 5 N–H and O–H groups in total. The van der Waals surface area contributed by atoms with Crippen molar-refractivity contribution in [3.05, 3.63) is 53.5 Å². The third-order valence-corrected chi connectivity index (χ3v) is 5.83. The number of anilines is 3. The summed E-state index contributed by atoms with van der Waals surface area (Å²) < 4.78 is 17.9. The second-order valence-corrected chi connectivity index (χ2v) is 8.83. The monoisotopic (exact) mass is 470 g/mol. The quantitative estimate of drug-likeness (QED) is 0.328. The number of nitrogens with two attached hydrogens (primary N) is 1. The van der Waals surface area contributed by atoms with E-state index in [0.717, 1.165) is 22.7 Å². The molecule has 0 spiro atoms. The molecule has 0 saturated heterocycles. The Morgan fingerprint density at radius 3 is 2.64 bits per heavy atom. The normalized spacial score (nSPS) is 12.1. The number of benzene rings is 1. The van der Waals surface area contributed by atoms with Gasteiger partial charge in [-0.1, -0.05) is 0 Å². The van der Waals surface area contributed by atoms with E-state index < -0.39 is 5.82 Å². The summed E-state index contributed by atoms with van der Waals surface area (Å²) in [6.45, 7) is 5.49. The van der Waals surface area contributed by atoms with Crippen molar-refractivity contribution in [2.45, 2.75) is 24.9 Å². The van der Waals surface area contributed by atoms with E-state index in [1.807, 2.05) is 47.1 Å². The maximum Gasteiger partial charge on any atom is 0.163 e. The Morgan fingerprint density at radius 2 is 1.97 bits per heavy atom. The number of aromatic nitrogens is 3. The number of pyridine rings is 1. The van der Waals surface area contributed by atoms with Gasteiger partial charge in [-0.15, -0.1) is 0 Å². The summed E-state index contributed by atoms with van der Waals surface area (Å²) in [5.74, 6) is 0.956. The predicted octanol–water partition coefficient (Wildman–Crippen LogP) is 3.94. The first kappa shape index (κ1) is 24.7. The van der Waals surface area contributed by atoms with Crippen LogP contribution in [0, 0.1) is 12.7 Å². The van der Waals surface area contributed by atoms with Crippen molar-refractivity contribution >= 4 is 29.3 Å². The summed E-state index contributed by atoms with van der Waals surface area (Å²) in [7, 11) is 5.86. The Labute approximate surface area is 198 Å². The van der Waals surface area contributed by atoms with Crippen LogP contribution >= 0.6 is 11.9 Å². The van der Waals surface area contributed by atoms with Crippen molar-refractivity contribution in [2.24, 2.45) is 0 Å². The Hall–Kier alpha value is -2.95. The lowest BCUT2D eigenvalue weighted by Crippen LogP contribution is -2.24. The fraction of sp³-hybridized carbons (Fsp3) is 0.348. The number of halogens is 1. The van der Waals surface area contributed by atoms with E-state index in [1.54, 1.807) is 18.3 Å². The molecule has 0 amide bonds. The van der Waals surface area contributed by atoms with Crippen LogP contribution < -0.4 is 21.1 Å². The number of nitrogens with one attached hydrogen (secondary N) is 3. The number of hydrogen-bond acceptors (Lipinski definition) is 9. The fourth-order valence-corrected chi connectivity index (χ4v) is 3.87. The summed E-state index contributed by atoms with van der Waals surface area (Å²) in [6.07, 6.45) is 1.73. The molecule has 0 bridgehead atoms. The maximum atomic E-state index is 14.9. The summed E-state index contributed by atoms with van der Waals surface area (Å²) in [5, 5.41) is 7.29. The van der Waals surface area contributed by atoms with Gasteiger partial charge in [-0.2, -0.15) is 0 Å². The van der Waals surface area contributed by atoms with Crippen LogP contribution in [0.2, 0.25) is 0 Å². The van der Waals surface area contributed by atoms with E-state index >= 15 is 0 Å². The Kier molecular flexibility index (Phi) is 8.43. The molecule has 3 aromatic rings. The van der Waals surface area contributed by atoms with Crippen LogP contribution in [0.15, 0.2) is 41.6 Å². The number of aryl methyl sites for hydroxylation is 1. The zero-order valence-electron chi connectivity index (χ0n) is 19.6. The standard InChI is InChI=1S/C23H31FN8S/c1-14-8-9-27-19(12-14)33-31-18-7-6-16(13-17(18)24)22-29-21(25)20(15(2)26-3)23(30-22)28-10-11-32(4)5/h6-9,12-13,15,26,31H,10-11H2,1-5H3,(H3,25,28,29,30). The van der Waals surface area contributed by atoms with Crippen molar-refractivity contribution in [1.82, 2.24) is 25.2 Å². The molecule has 0 radical (unpaired) electrons. The second kappa shape index (κ2) is 11.3. The van der Waals surface area contributed by atoms with E-state index in [9.17, 15) is 4.39 Å². The van der Waals surface area contributed by atoms with Gasteiger partial charge in [0.25, 0.3) is 0 Å². The smallest absolute Gasteiger partial charge is 0.163 e. The van der Waals surface area contributed by atoms with Crippen LogP contribution in [0.4, 0.5) is 21.7 Å². The summed E-state index contributed by atoms with van der Waals surface area (Å²) in [4.78, 5) is 15.5. The van der Waals surface area contributed by atoms with Crippen LogP contribution in [0.3, 0.4) is 0 Å². The van der Waals surface area contributed by atoms with E-state index in [-0.39, 0.29) is 6.04 Å². The maximum absolute atomic E-state index is 14.9. The molecule has 8 nitrogen and oxygen atoms in total. The lowest BCUT2D eigenvalue weighted by Gasteiger charge is -2.20. The topological polar surface area (TPSA) is 104 Å². The highest BCUT2D eigenvalue weighted by molar-refractivity contribution is 8.00. The molecule has 0 aliphatic heterocycles. The van der Waals surface area contributed by atoms with E-state index in [1.165, 1.54) is 18.0 Å². The highest BCUT2D eigenvalue weighted by Gasteiger charge is 2.19. The molecule has 2 heterocycles. The van der Waals surface area contributed by atoms with Gasteiger partial charge in [0.15, 0.2) is 5.82 Å². The van der Waals surface area contributed by atoms with E-state index in [0.29, 0.717) is 35.3 Å². The summed E-state index contributed by atoms with van der Waals surface area (Å²) in [5.41, 5.74) is 9.08. The van der Waals surface area contributed by atoms with Crippen LogP contribution in [0.1, 0.15) is 24.1 Å². The SMILES string of the molecule is CNC(C)c1c(N)nc(-c2ccc(NSc3cc(C)ccn3)c(F)c2)nc1NCCN(C)C. The van der Waals surface area contributed by atoms with Crippen LogP contribution in [-0.2, 0) is 0 Å². The number of nitrogen functional groups attached to an aromatic ring is 1. The molecule has 1 aromatic carbocycles. The average molecular weight is 471 g/mol. The average Bonchev–Trinajstić information content (AvgIpc) is 2.77.